The summed E-state index contributed by atoms with van der Waals surface area (Å²) in [7, 11) is 0.942. The van der Waals surface area contributed by atoms with E-state index in [0.717, 1.165) is 24.8 Å². The molecule has 0 spiro atoms. The van der Waals surface area contributed by atoms with Crippen LogP contribution in [0.3, 0.4) is 0 Å². The Labute approximate surface area is 189 Å². The Morgan fingerprint density at radius 1 is 0.969 bits per heavy atom. The third kappa shape index (κ3) is 5.34. The monoisotopic (exact) mass is 462 g/mol. The molecule has 1 amide bonds. The zero-order valence-electron chi connectivity index (χ0n) is 18.7. The molecule has 0 bridgehead atoms. The molecule has 174 valence electrons. The zero-order chi connectivity index (χ0) is 23.1. The number of piperidine rings is 1. The molecule has 3 rings (SSSR count). The lowest BCUT2D eigenvalue weighted by Gasteiger charge is -2.26. The van der Waals surface area contributed by atoms with Crippen LogP contribution in [0.1, 0.15) is 31.2 Å². The Morgan fingerprint density at radius 3 is 2.19 bits per heavy atom. The van der Waals surface area contributed by atoms with Gasteiger partial charge in [-0.2, -0.15) is 4.31 Å². The van der Waals surface area contributed by atoms with Crippen molar-refractivity contribution in [2.24, 2.45) is 0 Å². The highest BCUT2D eigenvalue weighted by atomic mass is 32.2. The van der Waals surface area contributed by atoms with Crippen LogP contribution in [-0.2, 0) is 21.2 Å². The number of ether oxygens (including phenoxy) is 3. The molecule has 0 aromatic heterocycles. The Hall–Kier alpha value is -2.78. The van der Waals surface area contributed by atoms with E-state index in [-0.39, 0.29) is 17.2 Å². The lowest BCUT2D eigenvalue weighted by atomic mass is 10.1. The maximum absolute atomic E-state index is 13.1. The number of amides is 1. The summed E-state index contributed by atoms with van der Waals surface area (Å²) in [6.07, 6.45) is 3.32. The molecule has 0 unspecified atom stereocenters. The van der Waals surface area contributed by atoms with Crippen LogP contribution in [0.4, 0.5) is 5.69 Å². The molecule has 0 saturated carbocycles. The second-order valence-electron chi connectivity index (χ2n) is 7.54. The molecule has 2 aromatic rings. The number of carbonyl (C=O) groups is 1. The maximum Gasteiger partial charge on any atom is 0.245 e. The maximum atomic E-state index is 13.1. The lowest BCUT2D eigenvalue weighted by molar-refractivity contribution is -0.116. The number of para-hydroxylation sites is 1. The number of carbonyl (C=O) groups excluding carboxylic acids is 1. The SMILES string of the molecule is COc1cc(CCC(=O)Nc2ccccc2S(=O)(=O)N2CCCCC2)cc(OC)c1OC. The van der Waals surface area contributed by atoms with E-state index < -0.39 is 10.0 Å². The number of nitrogens with zero attached hydrogens (tertiary/aromatic N) is 1. The Balaban J connectivity index is 1.73. The fourth-order valence-corrected chi connectivity index (χ4v) is 5.45. The molecule has 1 N–H and O–H groups in total. The van der Waals surface area contributed by atoms with Crippen molar-refractivity contribution in [1.82, 2.24) is 4.31 Å². The molecule has 1 heterocycles. The first kappa shape index (κ1) is 23.9. The average molecular weight is 463 g/mol. The largest absolute Gasteiger partial charge is 0.493 e. The first-order valence-electron chi connectivity index (χ1n) is 10.6. The number of benzene rings is 2. The summed E-state index contributed by atoms with van der Waals surface area (Å²) in [4.78, 5) is 12.8. The summed E-state index contributed by atoms with van der Waals surface area (Å²) in [6.45, 7) is 1.01. The number of anilines is 1. The average Bonchev–Trinajstić information content (AvgIpc) is 2.82. The third-order valence-electron chi connectivity index (χ3n) is 5.46. The number of aryl methyl sites for hydroxylation is 1. The van der Waals surface area contributed by atoms with Crippen molar-refractivity contribution in [3.8, 4) is 17.2 Å². The smallest absolute Gasteiger partial charge is 0.245 e. The quantitative estimate of drug-likeness (QED) is 0.613. The van der Waals surface area contributed by atoms with Crippen molar-refractivity contribution in [3.05, 3.63) is 42.0 Å². The van der Waals surface area contributed by atoms with Crippen LogP contribution >= 0.6 is 0 Å². The number of sulfonamides is 1. The van der Waals surface area contributed by atoms with Crippen LogP contribution < -0.4 is 19.5 Å². The van der Waals surface area contributed by atoms with Gasteiger partial charge in [0.15, 0.2) is 11.5 Å². The minimum Gasteiger partial charge on any atom is -0.493 e. The molecule has 1 fully saturated rings. The molecule has 0 radical (unpaired) electrons. The van der Waals surface area contributed by atoms with Crippen LogP contribution in [0, 0.1) is 0 Å². The molecule has 0 aliphatic carbocycles. The van der Waals surface area contributed by atoms with Gasteiger partial charge in [-0.3, -0.25) is 4.79 Å². The molecule has 1 saturated heterocycles. The first-order chi connectivity index (χ1) is 15.4. The van der Waals surface area contributed by atoms with Gasteiger partial charge >= 0.3 is 0 Å². The summed E-state index contributed by atoms with van der Waals surface area (Å²) < 4.78 is 43.7. The molecule has 8 nitrogen and oxygen atoms in total. The fourth-order valence-electron chi connectivity index (χ4n) is 3.79. The minimum atomic E-state index is -3.66. The summed E-state index contributed by atoms with van der Waals surface area (Å²) in [5.41, 5.74) is 1.14. The van der Waals surface area contributed by atoms with E-state index in [0.29, 0.717) is 42.4 Å². The highest BCUT2D eigenvalue weighted by Crippen LogP contribution is 2.38. The zero-order valence-corrected chi connectivity index (χ0v) is 19.5. The van der Waals surface area contributed by atoms with Crippen molar-refractivity contribution in [2.75, 3.05) is 39.7 Å². The van der Waals surface area contributed by atoms with E-state index in [4.69, 9.17) is 14.2 Å². The van der Waals surface area contributed by atoms with E-state index in [1.54, 1.807) is 36.4 Å². The Kier molecular flexibility index (Phi) is 7.98. The molecule has 1 aliphatic rings. The standard InChI is InChI=1S/C23H30N2O6S/c1-29-19-15-17(16-20(30-2)23(19)31-3)11-12-22(26)24-18-9-5-6-10-21(18)32(27,28)25-13-7-4-8-14-25/h5-6,9-10,15-16H,4,7-8,11-14H2,1-3H3,(H,24,26). The molecule has 0 atom stereocenters. The normalized spacial score (nSPS) is 14.6. The van der Waals surface area contributed by atoms with Crippen LogP contribution in [-0.4, -0.2) is 53.0 Å². The van der Waals surface area contributed by atoms with E-state index in [9.17, 15) is 13.2 Å². The highest BCUT2D eigenvalue weighted by molar-refractivity contribution is 7.89. The van der Waals surface area contributed by atoms with Crippen molar-refractivity contribution in [1.29, 1.82) is 0 Å². The summed E-state index contributed by atoms with van der Waals surface area (Å²) in [5, 5.41) is 2.77. The van der Waals surface area contributed by atoms with Crippen molar-refractivity contribution >= 4 is 21.6 Å². The Morgan fingerprint density at radius 2 is 1.59 bits per heavy atom. The van der Waals surface area contributed by atoms with Gasteiger partial charge < -0.3 is 19.5 Å². The number of methoxy groups -OCH3 is 3. The van der Waals surface area contributed by atoms with Crippen molar-refractivity contribution in [3.63, 3.8) is 0 Å². The number of nitrogens with one attached hydrogen (secondary N) is 1. The second kappa shape index (κ2) is 10.7. The van der Waals surface area contributed by atoms with Gasteiger partial charge in [-0.25, -0.2) is 8.42 Å². The number of hydrogen-bond donors (Lipinski definition) is 1. The topological polar surface area (TPSA) is 94.2 Å². The van der Waals surface area contributed by atoms with E-state index in [1.165, 1.54) is 25.6 Å². The summed E-state index contributed by atoms with van der Waals surface area (Å²) in [5.74, 6) is 1.24. The molecule has 2 aromatic carbocycles. The van der Waals surface area contributed by atoms with Crippen LogP contribution in [0.2, 0.25) is 0 Å². The highest BCUT2D eigenvalue weighted by Gasteiger charge is 2.28. The van der Waals surface area contributed by atoms with Gasteiger partial charge in [-0.05, 0) is 49.1 Å². The predicted octanol–water partition coefficient (Wildman–Crippen LogP) is 3.46. The fraction of sp³-hybridized carbons (Fsp3) is 0.435. The minimum absolute atomic E-state index is 0.128. The van der Waals surface area contributed by atoms with Crippen molar-refractivity contribution in [2.45, 2.75) is 37.0 Å². The van der Waals surface area contributed by atoms with E-state index in [1.807, 2.05) is 0 Å². The van der Waals surface area contributed by atoms with Gasteiger partial charge in [0.1, 0.15) is 4.90 Å². The summed E-state index contributed by atoms with van der Waals surface area (Å²) >= 11 is 0. The van der Waals surface area contributed by atoms with Gasteiger partial charge in [-0.1, -0.05) is 18.6 Å². The molecule has 9 heteroatoms. The third-order valence-corrected chi connectivity index (χ3v) is 7.42. The van der Waals surface area contributed by atoms with Gasteiger partial charge in [0.2, 0.25) is 21.7 Å². The lowest BCUT2D eigenvalue weighted by Crippen LogP contribution is -2.36. The molecule has 1 aliphatic heterocycles. The molecule has 32 heavy (non-hydrogen) atoms. The van der Waals surface area contributed by atoms with Gasteiger partial charge in [0.05, 0.1) is 27.0 Å². The van der Waals surface area contributed by atoms with E-state index >= 15 is 0 Å². The van der Waals surface area contributed by atoms with Gasteiger partial charge in [-0.15, -0.1) is 0 Å². The Bertz CT molecular complexity index is 1020. The van der Waals surface area contributed by atoms with Crippen LogP contribution in [0.25, 0.3) is 0 Å². The van der Waals surface area contributed by atoms with Gasteiger partial charge in [0.25, 0.3) is 0 Å². The van der Waals surface area contributed by atoms with Gasteiger partial charge in [0, 0.05) is 19.5 Å². The van der Waals surface area contributed by atoms with Crippen LogP contribution in [0.5, 0.6) is 17.2 Å². The van der Waals surface area contributed by atoms with E-state index in [2.05, 4.69) is 5.32 Å². The predicted molar refractivity (Wildman–Crippen MR) is 122 cm³/mol. The van der Waals surface area contributed by atoms with Crippen molar-refractivity contribution < 1.29 is 27.4 Å². The number of hydrogen-bond acceptors (Lipinski definition) is 6. The molecular formula is C23H30N2O6S. The first-order valence-corrected chi connectivity index (χ1v) is 12.0. The second-order valence-corrected chi connectivity index (χ2v) is 9.45. The number of rotatable bonds is 9. The summed E-state index contributed by atoms with van der Waals surface area (Å²) in [6, 6.07) is 10.1. The van der Waals surface area contributed by atoms with Crippen LogP contribution in [0.15, 0.2) is 41.3 Å². The molecular weight excluding hydrogens is 432 g/mol.